The summed E-state index contributed by atoms with van der Waals surface area (Å²) in [5, 5.41) is 27.5. The molecular formula is C27H32Cl2N4O3. The highest BCUT2D eigenvalue weighted by atomic mass is 35.5. The van der Waals surface area contributed by atoms with Gasteiger partial charge in [0.05, 0.1) is 18.3 Å². The lowest BCUT2D eigenvalue weighted by molar-refractivity contribution is -0.138. The first kappa shape index (κ1) is 28.9. The monoisotopic (exact) mass is 530 g/mol. The molecule has 3 aromatic rings. The number of likely N-dealkylation sites (tertiary alicyclic amines) is 1. The number of aliphatic carboxylic acids is 1. The van der Waals surface area contributed by atoms with Gasteiger partial charge in [-0.25, -0.2) is 0 Å². The van der Waals surface area contributed by atoms with E-state index in [0.29, 0.717) is 36.5 Å². The summed E-state index contributed by atoms with van der Waals surface area (Å²) in [5.74, 6) is -0.209. The van der Waals surface area contributed by atoms with E-state index in [0.717, 1.165) is 34.9 Å². The van der Waals surface area contributed by atoms with Crippen LogP contribution in [0, 0.1) is 10.8 Å². The summed E-state index contributed by atoms with van der Waals surface area (Å²) in [6, 6.07) is 18.8. The predicted octanol–water partition coefficient (Wildman–Crippen LogP) is 5.22. The molecule has 192 valence electrons. The number of benzene rings is 3. The summed E-state index contributed by atoms with van der Waals surface area (Å²) in [6.07, 6.45) is 1.97. The fourth-order valence-electron chi connectivity index (χ4n) is 4.44. The minimum absolute atomic E-state index is 0. The van der Waals surface area contributed by atoms with Gasteiger partial charge >= 0.3 is 5.97 Å². The lowest BCUT2D eigenvalue weighted by Gasteiger charge is -2.19. The maximum Gasteiger partial charge on any atom is 0.311 e. The fourth-order valence-corrected chi connectivity index (χ4v) is 4.44. The van der Waals surface area contributed by atoms with Crippen molar-refractivity contribution >= 4 is 53.2 Å². The zero-order chi connectivity index (χ0) is 24.2. The van der Waals surface area contributed by atoms with Crippen LogP contribution in [0.5, 0.6) is 5.75 Å². The van der Waals surface area contributed by atoms with Crippen LogP contribution in [0.3, 0.4) is 0 Å². The highest BCUT2D eigenvalue weighted by Crippen LogP contribution is 2.27. The van der Waals surface area contributed by atoms with Gasteiger partial charge in [0.1, 0.15) is 17.7 Å². The molecule has 36 heavy (non-hydrogen) atoms. The molecule has 0 spiro atoms. The molecule has 0 saturated carbocycles. The summed E-state index contributed by atoms with van der Waals surface area (Å²) in [7, 11) is 0. The van der Waals surface area contributed by atoms with Crippen molar-refractivity contribution in [3.8, 4) is 5.75 Å². The number of nitrogens with one attached hydrogen (secondary N) is 2. The molecule has 0 bridgehead atoms. The average Bonchev–Trinajstić information content (AvgIpc) is 3.30. The molecule has 1 unspecified atom stereocenters. The van der Waals surface area contributed by atoms with Crippen molar-refractivity contribution < 1.29 is 14.6 Å². The summed E-state index contributed by atoms with van der Waals surface area (Å²) < 4.78 is 6.08. The van der Waals surface area contributed by atoms with E-state index in [1.165, 1.54) is 0 Å². The van der Waals surface area contributed by atoms with Crippen LogP contribution in [0.15, 0.2) is 60.7 Å². The van der Waals surface area contributed by atoms with Gasteiger partial charge in [-0.1, -0.05) is 49.4 Å². The molecule has 0 aromatic heterocycles. The molecule has 5 N–H and O–H groups in total. The molecule has 4 rings (SSSR count). The Hall–Kier alpha value is -3.29. The number of halogens is 2. The van der Waals surface area contributed by atoms with E-state index < -0.39 is 11.9 Å². The molecule has 0 aliphatic carbocycles. The molecule has 9 heteroatoms. The smallest absolute Gasteiger partial charge is 0.311 e. The Labute approximate surface area is 223 Å². The maximum absolute atomic E-state index is 12.1. The number of rotatable bonds is 8. The van der Waals surface area contributed by atoms with Gasteiger partial charge in [0, 0.05) is 24.9 Å². The van der Waals surface area contributed by atoms with Gasteiger partial charge in [0.15, 0.2) is 0 Å². The van der Waals surface area contributed by atoms with Crippen LogP contribution >= 0.6 is 24.8 Å². The standard InChI is InChI=1S/C27H30N4O3.2ClH/c1-2-25(28)31-12-11-23(16-31)34-22-9-7-19(8-10-22)24(27(32)33)14-17-3-4-18-5-6-20(26(29)30)15-21(18)13-17;;/h3-10,13,15,23-24,28H,2,11-12,14,16H2,1H3,(H3,29,30)(H,32,33);2*1H/t23-,24?;;/m0../s1. The maximum atomic E-state index is 12.1. The van der Waals surface area contributed by atoms with Crippen LogP contribution in [0.25, 0.3) is 10.8 Å². The molecule has 3 aromatic carbocycles. The Kier molecular flexibility index (Phi) is 10.1. The highest BCUT2D eigenvalue weighted by Gasteiger charge is 2.25. The number of hydrogen-bond acceptors (Lipinski definition) is 4. The molecule has 2 atom stereocenters. The van der Waals surface area contributed by atoms with Crippen LogP contribution in [0.1, 0.15) is 42.4 Å². The third kappa shape index (κ3) is 6.68. The van der Waals surface area contributed by atoms with Crippen molar-refractivity contribution in [2.45, 2.75) is 38.2 Å². The Bertz CT molecular complexity index is 1230. The molecule has 0 amide bonds. The number of carbonyl (C=O) groups is 1. The predicted molar refractivity (Wildman–Crippen MR) is 149 cm³/mol. The van der Waals surface area contributed by atoms with Crippen molar-refractivity contribution in [1.82, 2.24) is 4.90 Å². The SMILES string of the molecule is CCC(=N)N1CC[C@H](Oc2ccc(C(Cc3ccc4ccc(C(=N)N)cc4c3)C(=O)O)cc2)C1.Cl.Cl. The van der Waals surface area contributed by atoms with E-state index in [2.05, 4.69) is 0 Å². The first-order valence-electron chi connectivity index (χ1n) is 11.5. The zero-order valence-corrected chi connectivity index (χ0v) is 21.7. The third-order valence-electron chi connectivity index (χ3n) is 6.40. The van der Waals surface area contributed by atoms with Gasteiger partial charge in [-0.05, 0) is 46.5 Å². The Balaban J connectivity index is 0.00000228. The second-order valence-corrected chi connectivity index (χ2v) is 8.75. The number of hydrogen-bond donors (Lipinski definition) is 4. The van der Waals surface area contributed by atoms with E-state index in [1.54, 1.807) is 0 Å². The second-order valence-electron chi connectivity index (χ2n) is 8.75. The number of carboxylic acids is 1. The Morgan fingerprint density at radius 2 is 1.78 bits per heavy atom. The van der Waals surface area contributed by atoms with Crippen LogP contribution in [-0.4, -0.2) is 46.8 Å². The van der Waals surface area contributed by atoms with Gasteiger partial charge in [-0.2, -0.15) is 0 Å². The summed E-state index contributed by atoms with van der Waals surface area (Å²) in [5.41, 5.74) is 7.89. The number of ether oxygens (including phenoxy) is 1. The van der Waals surface area contributed by atoms with Gasteiger partial charge in [-0.15, -0.1) is 24.8 Å². The number of amidine groups is 2. The average molecular weight is 531 g/mol. The van der Waals surface area contributed by atoms with Crippen molar-refractivity contribution in [2.24, 2.45) is 5.73 Å². The number of nitrogens with two attached hydrogens (primary N) is 1. The fraction of sp³-hybridized carbons (Fsp3) is 0.296. The van der Waals surface area contributed by atoms with E-state index >= 15 is 0 Å². The van der Waals surface area contributed by atoms with Crippen molar-refractivity contribution in [3.63, 3.8) is 0 Å². The van der Waals surface area contributed by atoms with Gasteiger partial charge < -0.3 is 20.5 Å². The van der Waals surface area contributed by atoms with E-state index in [9.17, 15) is 9.90 Å². The van der Waals surface area contributed by atoms with Crippen molar-refractivity contribution in [2.75, 3.05) is 13.1 Å². The topological polar surface area (TPSA) is 123 Å². The van der Waals surface area contributed by atoms with E-state index in [-0.39, 0.29) is 36.8 Å². The number of nitrogen functional groups attached to an aromatic ring is 1. The number of nitrogens with zero attached hydrogens (tertiary/aromatic N) is 1. The van der Waals surface area contributed by atoms with Crippen molar-refractivity contribution in [3.05, 3.63) is 77.4 Å². The summed E-state index contributed by atoms with van der Waals surface area (Å²) in [4.78, 5) is 14.1. The summed E-state index contributed by atoms with van der Waals surface area (Å²) >= 11 is 0. The Morgan fingerprint density at radius 3 is 2.42 bits per heavy atom. The molecule has 0 radical (unpaired) electrons. The molecule has 1 aliphatic heterocycles. The normalized spacial score (nSPS) is 15.5. The first-order valence-corrected chi connectivity index (χ1v) is 11.5. The highest BCUT2D eigenvalue weighted by molar-refractivity contribution is 5.99. The largest absolute Gasteiger partial charge is 0.489 e. The van der Waals surface area contributed by atoms with Gasteiger partial charge in [-0.3, -0.25) is 15.6 Å². The van der Waals surface area contributed by atoms with Crippen LogP contribution < -0.4 is 10.5 Å². The quantitative estimate of drug-likeness (QED) is 0.235. The minimum Gasteiger partial charge on any atom is -0.489 e. The summed E-state index contributed by atoms with van der Waals surface area (Å²) in [6.45, 7) is 3.52. The van der Waals surface area contributed by atoms with Crippen molar-refractivity contribution in [1.29, 1.82) is 10.8 Å². The third-order valence-corrected chi connectivity index (χ3v) is 6.40. The van der Waals surface area contributed by atoms with Gasteiger partial charge in [0.2, 0.25) is 0 Å². The minimum atomic E-state index is -0.879. The number of carboxylic acid groups (broad SMARTS) is 1. The molecule has 1 fully saturated rings. The molecule has 1 heterocycles. The molecule has 1 aliphatic rings. The van der Waals surface area contributed by atoms with Crippen LogP contribution in [0.2, 0.25) is 0 Å². The van der Waals surface area contributed by atoms with Crippen LogP contribution in [-0.2, 0) is 11.2 Å². The van der Waals surface area contributed by atoms with E-state index in [4.69, 9.17) is 21.3 Å². The Morgan fingerprint density at radius 1 is 1.08 bits per heavy atom. The zero-order valence-electron chi connectivity index (χ0n) is 20.1. The lowest BCUT2D eigenvalue weighted by atomic mass is 9.91. The first-order chi connectivity index (χ1) is 16.3. The molecule has 7 nitrogen and oxygen atoms in total. The molecule has 1 saturated heterocycles. The molecular weight excluding hydrogens is 499 g/mol. The van der Waals surface area contributed by atoms with Gasteiger partial charge in [0.25, 0.3) is 0 Å². The van der Waals surface area contributed by atoms with Crippen LogP contribution in [0.4, 0.5) is 0 Å². The number of fused-ring (bicyclic) bond motifs is 1. The van der Waals surface area contributed by atoms with E-state index in [1.807, 2.05) is 72.5 Å². The lowest BCUT2D eigenvalue weighted by Crippen LogP contribution is -2.29. The second kappa shape index (κ2) is 12.6.